The quantitative estimate of drug-likeness (QED) is 0.761. The van der Waals surface area contributed by atoms with E-state index in [1.165, 1.54) is 0 Å². The molecule has 0 spiro atoms. The molecular weight excluding hydrogens is 238 g/mol. The van der Waals surface area contributed by atoms with Gasteiger partial charge in [-0.1, -0.05) is 18.5 Å². The molecule has 17 heavy (non-hydrogen) atoms. The summed E-state index contributed by atoms with van der Waals surface area (Å²) in [7, 11) is 1.62. The van der Waals surface area contributed by atoms with E-state index in [4.69, 9.17) is 21.1 Å². The lowest BCUT2D eigenvalue weighted by molar-refractivity contribution is 0.311. The van der Waals surface area contributed by atoms with Gasteiger partial charge in [-0.05, 0) is 37.6 Å². The first-order valence-corrected chi connectivity index (χ1v) is 6.30. The number of rotatable bonds is 7. The summed E-state index contributed by atoms with van der Waals surface area (Å²) in [5.74, 6) is 1.31. The summed E-state index contributed by atoms with van der Waals surface area (Å²) >= 11 is 6.17. The van der Waals surface area contributed by atoms with Gasteiger partial charge in [0, 0.05) is 6.54 Å². The van der Waals surface area contributed by atoms with Crippen molar-refractivity contribution < 1.29 is 9.47 Å². The zero-order valence-corrected chi connectivity index (χ0v) is 11.4. The standard InChI is InChI=1S/C13H20ClNO2/c1-4-6-15-9-10-7-11(14)13(17-5-2)12(8-10)16-3/h7-8,15H,4-6,9H2,1-3H3. The maximum atomic E-state index is 6.17. The van der Waals surface area contributed by atoms with E-state index in [9.17, 15) is 0 Å². The predicted octanol–water partition coefficient (Wildman–Crippen LogP) is 3.25. The zero-order valence-electron chi connectivity index (χ0n) is 10.7. The Morgan fingerprint density at radius 2 is 2.06 bits per heavy atom. The van der Waals surface area contributed by atoms with Crippen LogP contribution in [0.2, 0.25) is 5.02 Å². The molecule has 0 amide bonds. The highest BCUT2D eigenvalue weighted by atomic mass is 35.5. The van der Waals surface area contributed by atoms with Gasteiger partial charge in [-0.2, -0.15) is 0 Å². The highest BCUT2D eigenvalue weighted by Gasteiger charge is 2.11. The highest BCUT2D eigenvalue weighted by Crippen LogP contribution is 2.36. The second-order valence-corrected chi connectivity index (χ2v) is 4.13. The molecule has 1 rings (SSSR count). The molecule has 0 heterocycles. The topological polar surface area (TPSA) is 30.5 Å². The number of hydrogen-bond acceptors (Lipinski definition) is 3. The van der Waals surface area contributed by atoms with Gasteiger partial charge >= 0.3 is 0 Å². The third kappa shape index (κ3) is 4.10. The fraction of sp³-hybridized carbons (Fsp3) is 0.538. The van der Waals surface area contributed by atoms with Crippen LogP contribution >= 0.6 is 11.6 Å². The summed E-state index contributed by atoms with van der Waals surface area (Å²) in [5.41, 5.74) is 1.10. The molecule has 0 aliphatic rings. The van der Waals surface area contributed by atoms with Crippen LogP contribution in [0.4, 0.5) is 0 Å². The van der Waals surface area contributed by atoms with Gasteiger partial charge in [0.1, 0.15) is 0 Å². The average Bonchev–Trinajstić information content (AvgIpc) is 2.32. The molecule has 0 saturated heterocycles. The molecule has 0 aliphatic carbocycles. The average molecular weight is 258 g/mol. The van der Waals surface area contributed by atoms with Crippen molar-refractivity contribution in [2.24, 2.45) is 0 Å². The molecule has 0 unspecified atom stereocenters. The van der Waals surface area contributed by atoms with E-state index < -0.39 is 0 Å². The van der Waals surface area contributed by atoms with Crippen LogP contribution in [0.15, 0.2) is 12.1 Å². The number of hydrogen-bond donors (Lipinski definition) is 1. The monoisotopic (exact) mass is 257 g/mol. The Kier molecular flexibility index (Phi) is 6.16. The smallest absolute Gasteiger partial charge is 0.179 e. The van der Waals surface area contributed by atoms with Crippen LogP contribution in [0.3, 0.4) is 0 Å². The van der Waals surface area contributed by atoms with Crippen molar-refractivity contribution in [3.8, 4) is 11.5 Å². The maximum Gasteiger partial charge on any atom is 0.179 e. The fourth-order valence-corrected chi connectivity index (χ4v) is 1.86. The number of halogens is 1. The molecule has 1 aromatic rings. The Bertz CT molecular complexity index is 356. The molecule has 1 aromatic carbocycles. The second kappa shape index (κ2) is 7.41. The van der Waals surface area contributed by atoms with Gasteiger partial charge in [-0.3, -0.25) is 0 Å². The third-order valence-electron chi connectivity index (χ3n) is 2.33. The SMILES string of the molecule is CCCNCc1cc(Cl)c(OCC)c(OC)c1. The molecule has 96 valence electrons. The van der Waals surface area contributed by atoms with E-state index in [1.54, 1.807) is 7.11 Å². The summed E-state index contributed by atoms with van der Waals surface area (Å²) in [4.78, 5) is 0. The Morgan fingerprint density at radius 1 is 1.29 bits per heavy atom. The lowest BCUT2D eigenvalue weighted by Crippen LogP contribution is -2.13. The van der Waals surface area contributed by atoms with Crippen LogP contribution in [0.25, 0.3) is 0 Å². The van der Waals surface area contributed by atoms with Gasteiger partial charge < -0.3 is 14.8 Å². The van der Waals surface area contributed by atoms with Crippen LogP contribution < -0.4 is 14.8 Å². The van der Waals surface area contributed by atoms with E-state index in [0.29, 0.717) is 23.1 Å². The first kappa shape index (κ1) is 14.1. The van der Waals surface area contributed by atoms with E-state index >= 15 is 0 Å². The van der Waals surface area contributed by atoms with Gasteiger partial charge in [0.05, 0.1) is 18.7 Å². The van der Waals surface area contributed by atoms with Gasteiger partial charge in [-0.15, -0.1) is 0 Å². The summed E-state index contributed by atoms with van der Waals surface area (Å²) in [6.07, 6.45) is 1.11. The van der Waals surface area contributed by atoms with Crippen LogP contribution in [-0.2, 0) is 6.54 Å². The minimum atomic E-state index is 0.573. The molecule has 4 heteroatoms. The van der Waals surface area contributed by atoms with Crippen molar-refractivity contribution in [1.82, 2.24) is 5.32 Å². The summed E-state index contributed by atoms with van der Waals surface area (Å²) in [5, 5.41) is 3.92. The molecule has 0 saturated carbocycles. The predicted molar refractivity (Wildman–Crippen MR) is 71.2 cm³/mol. The lowest BCUT2D eigenvalue weighted by atomic mass is 10.2. The molecule has 0 atom stereocenters. The Labute approximate surface area is 108 Å². The van der Waals surface area contributed by atoms with Gasteiger partial charge in [0.15, 0.2) is 11.5 Å². The number of ether oxygens (including phenoxy) is 2. The minimum Gasteiger partial charge on any atom is -0.493 e. The summed E-state index contributed by atoms with van der Waals surface area (Å²) < 4.78 is 10.8. The Morgan fingerprint density at radius 3 is 2.65 bits per heavy atom. The van der Waals surface area contributed by atoms with Gasteiger partial charge in [0.2, 0.25) is 0 Å². The van der Waals surface area contributed by atoms with E-state index in [1.807, 2.05) is 19.1 Å². The van der Waals surface area contributed by atoms with Crippen molar-refractivity contribution in [3.63, 3.8) is 0 Å². The Hall–Kier alpha value is -0.930. The van der Waals surface area contributed by atoms with E-state index in [0.717, 1.165) is 25.1 Å². The fourth-order valence-electron chi connectivity index (χ4n) is 1.57. The molecule has 1 N–H and O–H groups in total. The molecular formula is C13H20ClNO2. The van der Waals surface area contributed by atoms with Crippen molar-refractivity contribution in [2.75, 3.05) is 20.3 Å². The third-order valence-corrected chi connectivity index (χ3v) is 2.61. The highest BCUT2D eigenvalue weighted by molar-refractivity contribution is 6.32. The zero-order chi connectivity index (χ0) is 12.7. The number of methoxy groups -OCH3 is 1. The minimum absolute atomic E-state index is 0.573. The second-order valence-electron chi connectivity index (χ2n) is 3.72. The van der Waals surface area contributed by atoms with Crippen LogP contribution in [0.1, 0.15) is 25.8 Å². The first-order chi connectivity index (χ1) is 8.22. The molecule has 0 fully saturated rings. The maximum absolute atomic E-state index is 6.17. The van der Waals surface area contributed by atoms with Crippen LogP contribution in [-0.4, -0.2) is 20.3 Å². The normalized spacial score (nSPS) is 10.4. The lowest BCUT2D eigenvalue weighted by Gasteiger charge is -2.13. The summed E-state index contributed by atoms with van der Waals surface area (Å²) in [6.45, 7) is 6.41. The van der Waals surface area contributed by atoms with Crippen molar-refractivity contribution in [1.29, 1.82) is 0 Å². The molecule has 0 radical (unpaired) electrons. The number of nitrogens with one attached hydrogen (secondary N) is 1. The van der Waals surface area contributed by atoms with Crippen LogP contribution in [0.5, 0.6) is 11.5 Å². The molecule has 0 aliphatic heterocycles. The Balaban J connectivity index is 2.84. The van der Waals surface area contributed by atoms with Crippen molar-refractivity contribution >= 4 is 11.6 Å². The first-order valence-electron chi connectivity index (χ1n) is 5.92. The van der Waals surface area contributed by atoms with Gasteiger partial charge in [0.25, 0.3) is 0 Å². The van der Waals surface area contributed by atoms with Crippen LogP contribution in [0, 0.1) is 0 Å². The molecule has 0 aromatic heterocycles. The van der Waals surface area contributed by atoms with Gasteiger partial charge in [-0.25, -0.2) is 0 Å². The van der Waals surface area contributed by atoms with E-state index in [2.05, 4.69) is 12.2 Å². The molecule has 3 nitrogen and oxygen atoms in total. The van der Waals surface area contributed by atoms with Crippen molar-refractivity contribution in [3.05, 3.63) is 22.7 Å². The summed E-state index contributed by atoms with van der Waals surface area (Å²) in [6, 6.07) is 3.87. The number of benzene rings is 1. The molecule has 0 bridgehead atoms. The largest absolute Gasteiger partial charge is 0.493 e. The van der Waals surface area contributed by atoms with E-state index in [-0.39, 0.29) is 0 Å². The van der Waals surface area contributed by atoms with Crippen molar-refractivity contribution in [2.45, 2.75) is 26.8 Å².